The van der Waals surface area contributed by atoms with Crippen LogP contribution in [0.25, 0.3) is 10.2 Å². The Morgan fingerprint density at radius 1 is 0.920 bits per heavy atom. The van der Waals surface area contributed by atoms with E-state index in [0.717, 1.165) is 28.0 Å². The molecule has 5 rings (SSSR count). The lowest BCUT2D eigenvalue weighted by Crippen LogP contribution is -2.59. The minimum Gasteiger partial charge on any atom is -0.493 e. The Kier molecular flexibility index (Phi) is 13.6. The number of nitrogens with two attached hydrogens (primary N) is 1. The van der Waals surface area contributed by atoms with Gasteiger partial charge < -0.3 is 36.5 Å². The van der Waals surface area contributed by atoms with Gasteiger partial charge in [-0.25, -0.2) is 4.98 Å². The number of nitrogens with zero attached hydrogens (tertiary/aromatic N) is 1. The highest BCUT2D eigenvalue weighted by Gasteiger charge is 2.36. The lowest BCUT2D eigenvalue weighted by Gasteiger charge is -2.33. The van der Waals surface area contributed by atoms with E-state index in [4.69, 9.17) is 20.2 Å². The van der Waals surface area contributed by atoms with E-state index in [1.54, 1.807) is 6.92 Å². The van der Waals surface area contributed by atoms with Gasteiger partial charge in [-0.1, -0.05) is 38.1 Å². The van der Waals surface area contributed by atoms with Crippen LogP contribution < -0.4 is 31.7 Å². The Morgan fingerprint density at radius 2 is 1.72 bits per heavy atom. The van der Waals surface area contributed by atoms with Crippen molar-refractivity contribution in [3.05, 3.63) is 58.6 Å². The number of carbonyl (C=O) groups excluding carboxylic acids is 4. The quantitative estimate of drug-likeness (QED) is 0.141. The number of nitrogens with one attached hydrogen (secondary N) is 4. The van der Waals surface area contributed by atoms with Crippen LogP contribution in [0.5, 0.6) is 5.75 Å². The van der Waals surface area contributed by atoms with Crippen LogP contribution in [-0.2, 0) is 36.8 Å². The Labute approximate surface area is 297 Å². The Balaban J connectivity index is 1.34. The van der Waals surface area contributed by atoms with Gasteiger partial charge in [0.15, 0.2) is 0 Å². The third kappa shape index (κ3) is 9.79. The van der Waals surface area contributed by atoms with Gasteiger partial charge >= 0.3 is 0 Å². The number of thiazole rings is 1. The fourth-order valence-corrected chi connectivity index (χ4v) is 7.57. The first-order chi connectivity index (χ1) is 24.3. The van der Waals surface area contributed by atoms with Crippen molar-refractivity contribution in [2.45, 2.75) is 95.8 Å². The summed E-state index contributed by atoms with van der Waals surface area (Å²) in [4.78, 5) is 59.3. The first-order valence-electron chi connectivity index (χ1n) is 17.9. The summed E-state index contributed by atoms with van der Waals surface area (Å²) in [5, 5.41) is 12.7. The van der Waals surface area contributed by atoms with Gasteiger partial charge in [0.25, 0.3) is 0 Å². The average Bonchev–Trinajstić information content (AvgIpc) is 3.55. The number of benzene rings is 2. The molecule has 0 bridgehead atoms. The molecule has 3 aromatic rings. The van der Waals surface area contributed by atoms with Crippen LogP contribution in [0.2, 0.25) is 0 Å². The zero-order chi connectivity index (χ0) is 35.5. The van der Waals surface area contributed by atoms with Gasteiger partial charge in [-0.05, 0) is 74.8 Å². The predicted molar refractivity (Wildman–Crippen MR) is 193 cm³/mol. The molecule has 13 heteroatoms. The Morgan fingerprint density at radius 3 is 2.48 bits per heavy atom. The first kappa shape index (κ1) is 37.2. The highest BCUT2D eigenvalue weighted by Crippen LogP contribution is 2.32. The van der Waals surface area contributed by atoms with Gasteiger partial charge in [0.1, 0.15) is 23.9 Å². The molecule has 0 radical (unpaired) electrons. The second kappa shape index (κ2) is 18.2. The maximum atomic E-state index is 14.2. The van der Waals surface area contributed by atoms with Crippen molar-refractivity contribution in [1.82, 2.24) is 26.3 Å². The molecule has 4 amide bonds. The smallest absolute Gasteiger partial charge is 0.243 e. The number of hydrogen-bond donors (Lipinski definition) is 5. The number of aryl methyl sites for hydroxylation is 1. The van der Waals surface area contributed by atoms with Crippen molar-refractivity contribution in [3.8, 4) is 5.75 Å². The highest BCUT2D eigenvalue weighted by molar-refractivity contribution is 7.18. The van der Waals surface area contributed by atoms with E-state index in [1.165, 1.54) is 16.9 Å². The minimum absolute atomic E-state index is 0.178. The summed E-state index contributed by atoms with van der Waals surface area (Å²) in [7, 11) is 0. The maximum absolute atomic E-state index is 14.2. The van der Waals surface area contributed by atoms with Gasteiger partial charge in [-0.2, -0.15) is 0 Å². The zero-order valence-corrected chi connectivity index (χ0v) is 29.8. The van der Waals surface area contributed by atoms with Gasteiger partial charge in [0.2, 0.25) is 23.6 Å². The van der Waals surface area contributed by atoms with Crippen LogP contribution in [0.15, 0.2) is 42.5 Å². The van der Waals surface area contributed by atoms with Crippen molar-refractivity contribution in [3.63, 3.8) is 0 Å². The van der Waals surface area contributed by atoms with Gasteiger partial charge in [0, 0.05) is 38.0 Å². The van der Waals surface area contributed by atoms with Gasteiger partial charge in [-0.3, -0.25) is 19.2 Å². The molecule has 2 aromatic carbocycles. The summed E-state index contributed by atoms with van der Waals surface area (Å²) in [5.41, 5.74) is 8.69. The van der Waals surface area contributed by atoms with Crippen LogP contribution in [0, 0.1) is 5.92 Å². The number of para-hydroxylation sites is 1. The molecule has 2 aliphatic rings. The molecule has 6 N–H and O–H groups in total. The maximum Gasteiger partial charge on any atom is 0.243 e. The number of hydrogen-bond acceptors (Lipinski definition) is 9. The van der Waals surface area contributed by atoms with Gasteiger partial charge in [-0.15, -0.1) is 11.3 Å². The summed E-state index contributed by atoms with van der Waals surface area (Å²) in [6.07, 6.45) is 4.73. The molecule has 12 nitrogen and oxygen atoms in total. The van der Waals surface area contributed by atoms with Crippen molar-refractivity contribution in [2.24, 2.45) is 11.7 Å². The van der Waals surface area contributed by atoms with Crippen molar-refractivity contribution < 1.29 is 28.7 Å². The van der Waals surface area contributed by atoms with E-state index in [9.17, 15) is 19.2 Å². The van der Waals surface area contributed by atoms with E-state index in [-0.39, 0.29) is 36.6 Å². The topological polar surface area (TPSA) is 174 Å². The highest BCUT2D eigenvalue weighted by atomic mass is 32.1. The minimum atomic E-state index is -0.943. The molecule has 2 aliphatic heterocycles. The molecule has 50 heavy (non-hydrogen) atoms. The summed E-state index contributed by atoms with van der Waals surface area (Å²) in [6, 6.07) is 10.7. The third-order valence-electron chi connectivity index (χ3n) is 9.43. The van der Waals surface area contributed by atoms with Crippen molar-refractivity contribution in [1.29, 1.82) is 0 Å². The number of fused-ring (bicyclic) bond motifs is 2. The monoisotopic (exact) mass is 706 g/mol. The van der Waals surface area contributed by atoms with E-state index < -0.39 is 29.9 Å². The molecule has 0 spiro atoms. The van der Waals surface area contributed by atoms with Gasteiger partial charge in [0.05, 0.1) is 27.9 Å². The van der Waals surface area contributed by atoms with E-state index in [0.29, 0.717) is 69.9 Å². The molecule has 1 aromatic heterocycles. The molecular weight excluding hydrogens is 657 g/mol. The van der Waals surface area contributed by atoms with E-state index in [1.807, 2.05) is 36.4 Å². The molecular formula is C37H50N6O6S. The van der Waals surface area contributed by atoms with E-state index >= 15 is 0 Å². The van der Waals surface area contributed by atoms with Crippen molar-refractivity contribution >= 4 is 45.2 Å². The standard InChI is InChI=1S/C37H50N6O6S/c1-3-23-12-13-27-31(21-23)50-33(40-27)22-29(39-32(44)4-2)36(46)43-34(24-14-18-48-19-15-24)37(47)42-28(10-7-8-17-38)35(45)41-26-16-20-49-30-11-6-5-9-25(26)30/h5-6,9,11-13,21,24,26,28-29,34H,3-4,7-8,10,14-20,22,38H2,1-2H3,(H,39,44)(H,41,45)(H,42,47)(H,43,46)/t26-,28+,29+,34+/m1/s1. The largest absolute Gasteiger partial charge is 0.493 e. The first-order valence-corrected chi connectivity index (χ1v) is 18.7. The van der Waals surface area contributed by atoms with Crippen LogP contribution in [0.3, 0.4) is 0 Å². The third-order valence-corrected chi connectivity index (χ3v) is 10.5. The fourth-order valence-electron chi connectivity index (χ4n) is 6.49. The number of rotatable bonds is 16. The van der Waals surface area contributed by atoms with Crippen LogP contribution >= 0.6 is 11.3 Å². The Bertz CT molecular complexity index is 1620. The van der Waals surface area contributed by atoms with Crippen LogP contribution in [-0.4, -0.2) is 73.1 Å². The van der Waals surface area contributed by atoms with E-state index in [2.05, 4.69) is 34.3 Å². The normalized spacial score (nSPS) is 17.9. The lowest BCUT2D eigenvalue weighted by atomic mass is 9.90. The molecule has 0 unspecified atom stereocenters. The molecule has 4 atom stereocenters. The summed E-state index contributed by atoms with van der Waals surface area (Å²) in [6.45, 7) is 5.66. The zero-order valence-electron chi connectivity index (χ0n) is 29.0. The average molecular weight is 707 g/mol. The number of aromatic nitrogens is 1. The molecule has 3 heterocycles. The van der Waals surface area contributed by atoms with Crippen LogP contribution in [0.4, 0.5) is 0 Å². The lowest BCUT2D eigenvalue weighted by molar-refractivity contribution is -0.135. The molecule has 0 aliphatic carbocycles. The number of unbranched alkanes of at least 4 members (excludes halogenated alkanes) is 1. The predicted octanol–water partition coefficient (Wildman–Crippen LogP) is 3.46. The van der Waals surface area contributed by atoms with Crippen LogP contribution in [0.1, 0.15) is 81.0 Å². The summed E-state index contributed by atoms with van der Waals surface area (Å²) >= 11 is 1.49. The number of carbonyl (C=O) groups is 4. The second-order valence-corrected chi connectivity index (χ2v) is 14.1. The summed E-state index contributed by atoms with van der Waals surface area (Å²) in [5.74, 6) is -0.994. The fraction of sp³-hybridized carbons (Fsp3) is 0.541. The number of ether oxygens (including phenoxy) is 2. The summed E-state index contributed by atoms with van der Waals surface area (Å²) < 4.78 is 12.4. The molecule has 1 saturated heterocycles. The number of amides is 4. The molecule has 0 saturated carbocycles. The van der Waals surface area contributed by atoms with Crippen molar-refractivity contribution in [2.75, 3.05) is 26.4 Å². The Hall–Kier alpha value is -4.07. The SMILES string of the molecule is CCC(=O)N[C@@H](Cc1nc2ccc(CC)cc2s1)C(=O)N[C@H](C(=O)N[C@@H](CCCCN)C(=O)N[C@@H]1CCOc2ccccc21)C1CCOCC1. The second-order valence-electron chi connectivity index (χ2n) is 13.0. The molecule has 1 fully saturated rings. The molecule has 270 valence electrons.